The number of rotatable bonds is 1. The molecule has 0 radical (unpaired) electrons. The highest BCUT2D eigenvalue weighted by atomic mass is 19.3. The maximum absolute atomic E-state index is 12.1. The van der Waals surface area contributed by atoms with Crippen LogP contribution in [0.25, 0.3) is 0 Å². The van der Waals surface area contributed by atoms with Crippen LogP contribution in [0.5, 0.6) is 0 Å². The van der Waals surface area contributed by atoms with Crippen LogP contribution in [0.15, 0.2) is 0 Å². The van der Waals surface area contributed by atoms with Gasteiger partial charge in [-0.1, -0.05) is 0 Å². The average molecular weight is 203 g/mol. The second kappa shape index (κ2) is 3.81. The Bertz CT molecular complexity index is 290. The van der Waals surface area contributed by atoms with E-state index in [1.807, 2.05) is 0 Å². The van der Waals surface area contributed by atoms with E-state index in [0.29, 0.717) is 0 Å². The number of hydrogen-bond acceptors (Lipinski definition) is 3. The minimum atomic E-state index is -3.03. The van der Waals surface area contributed by atoms with Crippen molar-refractivity contribution in [1.82, 2.24) is 4.90 Å². The number of hydrogen-bond donors (Lipinski definition) is 2. The summed E-state index contributed by atoms with van der Waals surface area (Å²) in [6.45, 7) is 1.42. The van der Waals surface area contributed by atoms with Crippen LogP contribution in [0, 0.1) is 10.8 Å². The zero-order valence-corrected chi connectivity index (χ0v) is 7.68. The second-order valence-corrected chi connectivity index (χ2v) is 3.28. The normalized spacial score (nSPS) is 23.1. The van der Waals surface area contributed by atoms with Crippen molar-refractivity contribution in [2.75, 3.05) is 6.54 Å². The van der Waals surface area contributed by atoms with Gasteiger partial charge in [0.25, 0.3) is 5.91 Å². The predicted molar refractivity (Wildman–Crippen MR) is 47.2 cm³/mol. The van der Waals surface area contributed by atoms with Gasteiger partial charge in [0.15, 0.2) is 0 Å². The first kappa shape index (κ1) is 10.7. The van der Waals surface area contributed by atoms with Crippen molar-refractivity contribution in [3.8, 4) is 0 Å². The molecule has 1 aliphatic heterocycles. The monoisotopic (exact) mass is 203 g/mol. The molecule has 0 aromatic carbocycles. The molecule has 0 aromatic heterocycles. The fourth-order valence-electron chi connectivity index (χ4n) is 1.37. The Morgan fingerprint density at radius 2 is 2.07 bits per heavy atom. The summed E-state index contributed by atoms with van der Waals surface area (Å²) in [7, 11) is 0. The summed E-state index contributed by atoms with van der Waals surface area (Å²) in [4.78, 5) is 11.9. The summed E-state index contributed by atoms with van der Waals surface area (Å²) < 4.78 is 24.2. The molecule has 1 aliphatic rings. The van der Waals surface area contributed by atoms with Crippen molar-refractivity contribution in [3.05, 3.63) is 0 Å². The third kappa shape index (κ3) is 1.94. The highest BCUT2D eigenvalue weighted by Crippen LogP contribution is 2.14. The van der Waals surface area contributed by atoms with Gasteiger partial charge in [-0.05, 0) is 6.92 Å². The van der Waals surface area contributed by atoms with Crippen LogP contribution in [0.3, 0.4) is 0 Å². The van der Waals surface area contributed by atoms with E-state index in [1.54, 1.807) is 6.92 Å². The fraction of sp³-hybridized carbons (Fsp3) is 0.625. The lowest BCUT2D eigenvalue weighted by Gasteiger charge is -2.33. The van der Waals surface area contributed by atoms with Gasteiger partial charge in [-0.15, -0.1) is 0 Å². The highest BCUT2D eigenvalue weighted by Gasteiger charge is 2.32. The highest BCUT2D eigenvalue weighted by molar-refractivity contribution is 6.41. The Morgan fingerprint density at radius 1 is 1.50 bits per heavy atom. The standard InChI is InChI=1S/C8H11F2N3O/c1-4-2-5(11)6(12)3-13(4)8(14)7(9)10/h4,7,11-12H,2-3H2,1H3. The molecule has 0 spiro atoms. The minimum Gasteiger partial charge on any atom is -0.329 e. The van der Waals surface area contributed by atoms with E-state index in [0.717, 1.165) is 4.90 Å². The lowest BCUT2D eigenvalue weighted by Crippen LogP contribution is -2.51. The Labute approximate surface area is 79.9 Å². The van der Waals surface area contributed by atoms with Crippen LogP contribution in [-0.2, 0) is 4.79 Å². The fourth-order valence-corrected chi connectivity index (χ4v) is 1.37. The largest absolute Gasteiger partial charge is 0.329 e. The van der Waals surface area contributed by atoms with E-state index >= 15 is 0 Å². The molecule has 0 bridgehead atoms. The van der Waals surface area contributed by atoms with Crippen molar-refractivity contribution < 1.29 is 13.6 Å². The van der Waals surface area contributed by atoms with Crippen LogP contribution in [0.1, 0.15) is 13.3 Å². The number of piperidine rings is 1. The lowest BCUT2D eigenvalue weighted by atomic mass is 10.00. The minimum absolute atomic E-state index is 0.0582. The van der Waals surface area contributed by atoms with Gasteiger partial charge in [-0.2, -0.15) is 8.78 Å². The van der Waals surface area contributed by atoms with Crippen LogP contribution in [-0.4, -0.2) is 41.2 Å². The Hall–Kier alpha value is -1.33. The van der Waals surface area contributed by atoms with Crippen LogP contribution in [0.4, 0.5) is 8.78 Å². The van der Waals surface area contributed by atoms with Crippen molar-refractivity contribution in [2.45, 2.75) is 25.8 Å². The summed E-state index contributed by atoms with van der Waals surface area (Å²) in [6.07, 6.45) is -2.85. The first-order chi connectivity index (χ1) is 6.43. The first-order valence-corrected chi connectivity index (χ1v) is 4.17. The molecule has 0 saturated carbocycles. The third-order valence-corrected chi connectivity index (χ3v) is 2.19. The molecule has 1 saturated heterocycles. The molecule has 1 fully saturated rings. The molecule has 1 atom stereocenters. The summed E-state index contributed by atoms with van der Waals surface area (Å²) in [6, 6.07) is -0.418. The third-order valence-electron chi connectivity index (χ3n) is 2.19. The predicted octanol–water partition coefficient (Wildman–Crippen LogP) is 0.912. The topological polar surface area (TPSA) is 68.0 Å². The van der Waals surface area contributed by atoms with Crippen LogP contribution in [0.2, 0.25) is 0 Å². The number of nitrogens with zero attached hydrogens (tertiary/aromatic N) is 1. The van der Waals surface area contributed by atoms with E-state index < -0.39 is 18.4 Å². The number of likely N-dealkylation sites (tertiary alicyclic amines) is 1. The molecule has 1 heterocycles. The van der Waals surface area contributed by atoms with E-state index in [1.165, 1.54) is 0 Å². The van der Waals surface area contributed by atoms with Gasteiger partial charge in [-0.3, -0.25) is 4.79 Å². The van der Waals surface area contributed by atoms with E-state index in [-0.39, 0.29) is 24.4 Å². The molecule has 0 aliphatic carbocycles. The van der Waals surface area contributed by atoms with E-state index in [9.17, 15) is 13.6 Å². The molecule has 14 heavy (non-hydrogen) atoms. The van der Waals surface area contributed by atoms with Gasteiger partial charge in [0.2, 0.25) is 0 Å². The van der Waals surface area contributed by atoms with Gasteiger partial charge in [0, 0.05) is 12.5 Å². The molecule has 6 heteroatoms. The number of halogens is 2. The maximum Gasteiger partial charge on any atom is 0.315 e. The molecule has 1 amide bonds. The van der Waals surface area contributed by atoms with Crippen molar-refractivity contribution in [2.24, 2.45) is 0 Å². The smallest absolute Gasteiger partial charge is 0.315 e. The van der Waals surface area contributed by atoms with Gasteiger partial charge >= 0.3 is 6.43 Å². The number of carbonyl (C=O) groups is 1. The van der Waals surface area contributed by atoms with Crippen LogP contribution < -0.4 is 0 Å². The molecule has 78 valence electrons. The maximum atomic E-state index is 12.1. The number of carbonyl (C=O) groups excluding carboxylic acids is 1. The molecule has 1 rings (SSSR count). The van der Waals surface area contributed by atoms with Gasteiger partial charge in [0.1, 0.15) is 0 Å². The zero-order valence-electron chi connectivity index (χ0n) is 7.68. The van der Waals surface area contributed by atoms with Crippen molar-refractivity contribution in [3.63, 3.8) is 0 Å². The number of nitrogens with one attached hydrogen (secondary N) is 2. The Kier molecular flexibility index (Phi) is 2.93. The second-order valence-electron chi connectivity index (χ2n) is 3.28. The Balaban J connectivity index is 2.76. The summed E-state index contributed by atoms with van der Waals surface area (Å²) >= 11 is 0. The SMILES string of the molecule is CC1CC(=N)C(=N)CN1C(=O)C(F)F. The van der Waals surface area contributed by atoms with E-state index in [4.69, 9.17) is 10.8 Å². The summed E-state index contributed by atoms with van der Waals surface area (Å²) in [5.74, 6) is -1.25. The lowest BCUT2D eigenvalue weighted by molar-refractivity contribution is -0.144. The summed E-state index contributed by atoms with van der Waals surface area (Å²) in [5.41, 5.74) is 0.0629. The Morgan fingerprint density at radius 3 is 2.57 bits per heavy atom. The van der Waals surface area contributed by atoms with Gasteiger partial charge in [0.05, 0.1) is 18.0 Å². The first-order valence-electron chi connectivity index (χ1n) is 4.17. The van der Waals surface area contributed by atoms with E-state index in [2.05, 4.69) is 0 Å². The molecular formula is C8H11F2N3O. The quantitative estimate of drug-likeness (QED) is 0.653. The molecule has 2 N–H and O–H groups in total. The molecule has 4 nitrogen and oxygen atoms in total. The van der Waals surface area contributed by atoms with Crippen molar-refractivity contribution in [1.29, 1.82) is 10.8 Å². The van der Waals surface area contributed by atoms with Crippen molar-refractivity contribution >= 4 is 17.3 Å². The number of amides is 1. The summed E-state index contributed by atoms with van der Waals surface area (Å²) in [5, 5.41) is 14.6. The average Bonchev–Trinajstić information content (AvgIpc) is 2.10. The molecular weight excluding hydrogens is 192 g/mol. The zero-order chi connectivity index (χ0) is 10.9. The molecule has 1 unspecified atom stereocenters. The number of alkyl halides is 2. The van der Waals surface area contributed by atoms with Gasteiger partial charge in [-0.25, -0.2) is 0 Å². The van der Waals surface area contributed by atoms with Crippen LogP contribution >= 0.6 is 0 Å². The molecule has 0 aromatic rings. The van der Waals surface area contributed by atoms with Gasteiger partial charge < -0.3 is 15.7 Å².